The summed E-state index contributed by atoms with van der Waals surface area (Å²) in [6, 6.07) is 5.45. The van der Waals surface area contributed by atoms with Crippen LogP contribution in [0.3, 0.4) is 0 Å². The Morgan fingerprint density at radius 3 is 2.69 bits per heavy atom. The Kier molecular flexibility index (Phi) is 3.62. The zero-order valence-corrected chi connectivity index (χ0v) is 10.1. The van der Waals surface area contributed by atoms with Crippen LogP contribution in [0.5, 0.6) is 0 Å². The van der Waals surface area contributed by atoms with E-state index in [4.69, 9.17) is 16.3 Å². The number of hydrogen-bond donors (Lipinski definition) is 0. The lowest BCUT2D eigenvalue weighted by Gasteiger charge is -2.21. The number of halogens is 1. The standard InChI is InChI=1S/C13H15ClO2/c1-9-8-11(14)2-3-12(9)13(15)10-4-6-16-7-5-10/h2-3,8,10H,4-7H2,1H3. The molecule has 1 fully saturated rings. The minimum Gasteiger partial charge on any atom is -0.381 e. The highest BCUT2D eigenvalue weighted by Crippen LogP contribution is 2.23. The van der Waals surface area contributed by atoms with E-state index in [1.54, 1.807) is 6.07 Å². The number of carbonyl (C=O) groups excluding carboxylic acids is 1. The first-order chi connectivity index (χ1) is 7.68. The van der Waals surface area contributed by atoms with E-state index in [0.717, 1.165) is 24.0 Å². The molecule has 0 aliphatic carbocycles. The molecule has 1 saturated heterocycles. The third-order valence-corrected chi connectivity index (χ3v) is 3.28. The van der Waals surface area contributed by atoms with Crippen molar-refractivity contribution >= 4 is 17.4 Å². The van der Waals surface area contributed by atoms with Gasteiger partial charge in [0.25, 0.3) is 0 Å². The van der Waals surface area contributed by atoms with Crippen molar-refractivity contribution < 1.29 is 9.53 Å². The molecule has 0 atom stereocenters. The van der Waals surface area contributed by atoms with Gasteiger partial charge in [-0.15, -0.1) is 0 Å². The lowest BCUT2D eigenvalue weighted by Crippen LogP contribution is -2.24. The Balaban J connectivity index is 2.19. The minimum absolute atomic E-state index is 0.119. The monoisotopic (exact) mass is 238 g/mol. The van der Waals surface area contributed by atoms with Gasteiger partial charge in [-0.1, -0.05) is 11.6 Å². The number of Topliss-reactive ketones (excluding diaryl/α,β-unsaturated/α-hetero) is 1. The van der Waals surface area contributed by atoms with Crippen LogP contribution in [0.2, 0.25) is 5.02 Å². The van der Waals surface area contributed by atoms with E-state index in [2.05, 4.69) is 0 Å². The smallest absolute Gasteiger partial charge is 0.166 e. The van der Waals surface area contributed by atoms with Gasteiger partial charge in [0.2, 0.25) is 0 Å². The molecule has 1 heterocycles. The molecule has 1 aliphatic heterocycles. The molecular formula is C13H15ClO2. The second-order valence-corrected chi connectivity index (χ2v) is 4.65. The normalized spacial score (nSPS) is 17.4. The number of ether oxygens (including phenoxy) is 1. The summed E-state index contributed by atoms with van der Waals surface area (Å²) < 4.78 is 5.26. The summed E-state index contributed by atoms with van der Waals surface area (Å²) in [5.74, 6) is 0.353. The van der Waals surface area contributed by atoms with Crippen LogP contribution in [0.1, 0.15) is 28.8 Å². The number of hydrogen-bond acceptors (Lipinski definition) is 2. The van der Waals surface area contributed by atoms with Crippen molar-refractivity contribution in [3.63, 3.8) is 0 Å². The Bertz CT molecular complexity index is 395. The molecule has 0 spiro atoms. The van der Waals surface area contributed by atoms with Crippen LogP contribution >= 0.6 is 11.6 Å². The van der Waals surface area contributed by atoms with Gasteiger partial charge in [0, 0.05) is 29.7 Å². The zero-order valence-electron chi connectivity index (χ0n) is 9.33. The highest BCUT2D eigenvalue weighted by Gasteiger charge is 2.23. The molecule has 0 saturated carbocycles. The average Bonchev–Trinajstić information content (AvgIpc) is 2.29. The lowest BCUT2D eigenvalue weighted by atomic mass is 9.89. The van der Waals surface area contributed by atoms with Crippen LogP contribution in [0.4, 0.5) is 0 Å². The summed E-state index contributed by atoms with van der Waals surface area (Å²) in [6.07, 6.45) is 1.67. The fourth-order valence-corrected chi connectivity index (χ4v) is 2.31. The SMILES string of the molecule is Cc1cc(Cl)ccc1C(=O)C1CCOCC1. The lowest BCUT2D eigenvalue weighted by molar-refractivity contribution is 0.0544. The van der Waals surface area contributed by atoms with Gasteiger partial charge in [0.05, 0.1) is 0 Å². The van der Waals surface area contributed by atoms with E-state index < -0.39 is 0 Å². The number of ketones is 1. The number of aryl methyl sites for hydroxylation is 1. The molecule has 1 aliphatic rings. The van der Waals surface area contributed by atoms with Crippen LogP contribution in [0.15, 0.2) is 18.2 Å². The van der Waals surface area contributed by atoms with E-state index in [0.29, 0.717) is 18.2 Å². The van der Waals surface area contributed by atoms with E-state index in [9.17, 15) is 4.79 Å². The molecule has 1 aromatic rings. The summed E-state index contributed by atoms with van der Waals surface area (Å²) in [5, 5.41) is 0.682. The Morgan fingerprint density at radius 2 is 2.06 bits per heavy atom. The summed E-state index contributed by atoms with van der Waals surface area (Å²) in [4.78, 5) is 12.2. The average molecular weight is 239 g/mol. The molecule has 0 amide bonds. The van der Waals surface area contributed by atoms with Crippen LogP contribution in [-0.4, -0.2) is 19.0 Å². The number of carbonyl (C=O) groups is 1. The zero-order chi connectivity index (χ0) is 11.5. The second kappa shape index (κ2) is 4.98. The maximum Gasteiger partial charge on any atom is 0.166 e. The summed E-state index contributed by atoms with van der Waals surface area (Å²) >= 11 is 5.88. The van der Waals surface area contributed by atoms with Gasteiger partial charge >= 0.3 is 0 Å². The molecule has 86 valence electrons. The number of benzene rings is 1. The third-order valence-electron chi connectivity index (χ3n) is 3.05. The summed E-state index contributed by atoms with van der Waals surface area (Å²) in [5.41, 5.74) is 1.76. The molecule has 0 aromatic heterocycles. The van der Waals surface area contributed by atoms with Crippen molar-refractivity contribution in [2.24, 2.45) is 5.92 Å². The first-order valence-corrected chi connectivity index (χ1v) is 5.94. The first kappa shape index (κ1) is 11.6. The van der Waals surface area contributed by atoms with Crippen LogP contribution in [-0.2, 0) is 4.74 Å². The molecule has 0 radical (unpaired) electrons. The molecule has 2 nitrogen and oxygen atoms in total. The topological polar surface area (TPSA) is 26.3 Å². The van der Waals surface area contributed by atoms with E-state index in [1.807, 2.05) is 19.1 Å². The highest BCUT2D eigenvalue weighted by molar-refractivity contribution is 6.30. The Hall–Kier alpha value is -0.860. The van der Waals surface area contributed by atoms with E-state index >= 15 is 0 Å². The van der Waals surface area contributed by atoms with Gasteiger partial charge in [-0.25, -0.2) is 0 Å². The van der Waals surface area contributed by atoms with E-state index in [1.165, 1.54) is 0 Å². The van der Waals surface area contributed by atoms with Crippen LogP contribution < -0.4 is 0 Å². The van der Waals surface area contributed by atoms with Crippen molar-refractivity contribution in [2.45, 2.75) is 19.8 Å². The van der Waals surface area contributed by atoms with Crippen molar-refractivity contribution in [3.05, 3.63) is 34.3 Å². The van der Waals surface area contributed by atoms with Crippen LogP contribution in [0, 0.1) is 12.8 Å². The summed E-state index contributed by atoms with van der Waals surface area (Å²) in [6.45, 7) is 3.32. The predicted molar refractivity (Wildman–Crippen MR) is 64.1 cm³/mol. The first-order valence-electron chi connectivity index (χ1n) is 5.56. The molecule has 0 unspecified atom stereocenters. The molecule has 0 N–H and O–H groups in total. The summed E-state index contributed by atoms with van der Waals surface area (Å²) in [7, 11) is 0. The quantitative estimate of drug-likeness (QED) is 0.740. The van der Waals surface area contributed by atoms with Gasteiger partial charge in [-0.2, -0.15) is 0 Å². The Morgan fingerprint density at radius 1 is 1.38 bits per heavy atom. The maximum absolute atomic E-state index is 12.2. The second-order valence-electron chi connectivity index (χ2n) is 4.21. The Labute approximate surface area is 101 Å². The minimum atomic E-state index is 0.119. The van der Waals surface area contributed by atoms with E-state index in [-0.39, 0.29) is 11.7 Å². The number of rotatable bonds is 2. The maximum atomic E-state index is 12.2. The van der Waals surface area contributed by atoms with Gasteiger partial charge in [-0.3, -0.25) is 4.79 Å². The van der Waals surface area contributed by atoms with Crippen molar-refractivity contribution in [1.29, 1.82) is 0 Å². The molecular weight excluding hydrogens is 224 g/mol. The highest BCUT2D eigenvalue weighted by atomic mass is 35.5. The molecule has 3 heteroatoms. The van der Waals surface area contributed by atoms with Crippen molar-refractivity contribution in [2.75, 3.05) is 13.2 Å². The third kappa shape index (κ3) is 2.45. The van der Waals surface area contributed by atoms with Gasteiger partial charge in [0.1, 0.15) is 0 Å². The molecule has 0 bridgehead atoms. The fourth-order valence-electron chi connectivity index (χ4n) is 2.08. The van der Waals surface area contributed by atoms with Gasteiger partial charge in [-0.05, 0) is 43.5 Å². The predicted octanol–water partition coefficient (Wildman–Crippen LogP) is 3.26. The van der Waals surface area contributed by atoms with Gasteiger partial charge < -0.3 is 4.74 Å². The van der Waals surface area contributed by atoms with Crippen molar-refractivity contribution in [1.82, 2.24) is 0 Å². The van der Waals surface area contributed by atoms with Gasteiger partial charge in [0.15, 0.2) is 5.78 Å². The molecule has 1 aromatic carbocycles. The van der Waals surface area contributed by atoms with Crippen LogP contribution in [0.25, 0.3) is 0 Å². The largest absolute Gasteiger partial charge is 0.381 e. The fraction of sp³-hybridized carbons (Fsp3) is 0.462. The molecule has 2 rings (SSSR count). The molecule has 16 heavy (non-hydrogen) atoms. The van der Waals surface area contributed by atoms with Crippen molar-refractivity contribution in [3.8, 4) is 0 Å².